The van der Waals surface area contributed by atoms with E-state index in [2.05, 4.69) is 18.9 Å². The highest BCUT2D eigenvalue weighted by molar-refractivity contribution is 7.61. The Bertz CT molecular complexity index is 488. The van der Waals surface area contributed by atoms with Gasteiger partial charge in [0.2, 0.25) is 5.91 Å². The highest BCUT2D eigenvalue weighted by Gasteiger charge is 2.25. The number of carbonyl (C=O) groups excluding carboxylic acids is 1. The van der Waals surface area contributed by atoms with Gasteiger partial charge in [0, 0.05) is 18.1 Å². The Balaban J connectivity index is 3.33. The molecule has 4 nitrogen and oxygen atoms in total. The van der Waals surface area contributed by atoms with Gasteiger partial charge in [-0.1, -0.05) is 118 Å². The largest absolute Gasteiger partial charge is 0.356 e. The number of nitrogens with one attached hydrogen (secondary N) is 1. The topological polar surface area (TPSA) is 55.4 Å². The van der Waals surface area contributed by atoms with E-state index in [-0.39, 0.29) is 5.91 Å². The number of amides is 1. The van der Waals surface area contributed by atoms with Crippen molar-refractivity contribution in [3.8, 4) is 0 Å². The summed E-state index contributed by atoms with van der Waals surface area (Å²) < 4.78 is 17.8. The summed E-state index contributed by atoms with van der Waals surface area (Å²) in [5.74, 6) is 0.194. The van der Waals surface area contributed by atoms with Crippen LogP contribution >= 0.6 is 7.37 Å². The fourth-order valence-electron chi connectivity index (χ4n) is 3.61. The summed E-state index contributed by atoms with van der Waals surface area (Å²) in [6.45, 7) is 13.0. The fourth-order valence-corrected chi connectivity index (χ4v) is 4.42. The van der Waals surface area contributed by atoms with Crippen molar-refractivity contribution < 1.29 is 13.9 Å². The molecule has 0 fully saturated rings. The van der Waals surface area contributed by atoms with Crippen LogP contribution in [0.1, 0.15) is 143 Å². The van der Waals surface area contributed by atoms with Gasteiger partial charge in [0.15, 0.2) is 0 Å². The summed E-state index contributed by atoms with van der Waals surface area (Å²) in [6.07, 6.45) is 21.9. The molecule has 0 aliphatic carbocycles. The summed E-state index contributed by atoms with van der Waals surface area (Å²) in [6, 6.07) is 0. The Labute approximate surface area is 200 Å². The Kier molecular flexibility index (Phi) is 19.9. The third-order valence-corrected chi connectivity index (χ3v) is 8.87. The second-order valence-electron chi connectivity index (χ2n) is 10.4. The van der Waals surface area contributed by atoms with E-state index >= 15 is 0 Å². The highest BCUT2D eigenvalue weighted by atomic mass is 31.2. The third kappa shape index (κ3) is 19.2. The summed E-state index contributed by atoms with van der Waals surface area (Å²) >= 11 is 0. The predicted molar refractivity (Wildman–Crippen MR) is 140 cm³/mol. The molecule has 0 heterocycles. The van der Waals surface area contributed by atoms with Crippen molar-refractivity contribution in [1.29, 1.82) is 0 Å². The normalized spacial score (nSPS) is 13.8. The quantitative estimate of drug-likeness (QED) is 0.0971. The summed E-state index contributed by atoms with van der Waals surface area (Å²) in [5, 5.41) is 2.64. The zero-order chi connectivity index (χ0) is 24.1. The molecule has 0 radical (unpaired) electrons. The fraction of sp³-hybridized carbons (Fsp3) is 0.926. The van der Waals surface area contributed by atoms with Crippen molar-refractivity contribution in [2.45, 2.75) is 148 Å². The van der Waals surface area contributed by atoms with Crippen molar-refractivity contribution in [2.24, 2.45) is 0 Å². The number of unbranched alkanes of at least 4 members (excludes halogenated alkanes) is 15. The molecule has 1 atom stereocenters. The molecule has 0 saturated carbocycles. The minimum atomic E-state index is -2.79. The molecule has 5 heteroatoms. The van der Waals surface area contributed by atoms with Crippen molar-refractivity contribution in [1.82, 2.24) is 5.32 Å². The van der Waals surface area contributed by atoms with Crippen LogP contribution < -0.4 is 5.32 Å². The smallest absolute Gasteiger partial charge is 0.219 e. The zero-order valence-electron chi connectivity index (χ0n) is 22.0. The first-order chi connectivity index (χ1) is 15.2. The lowest BCUT2D eigenvalue weighted by Crippen LogP contribution is -2.23. The zero-order valence-corrected chi connectivity index (χ0v) is 22.9. The van der Waals surface area contributed by atoms with Crippen LogP contribution in [0.4, 0.5) is 0 Å². The number of hydrogen-bond donors (Lipinski definition) is 1. The molecule has 0 aromatic rings. The minimum Gasteiger partial charge on any atom is -0.356 e. The Morgan fingerprint density at radius 3 is 1.69 bits per heavy atom. The van der Waals surface area contributed by atoms with Gasteiger partial charge in [-0.15, -0.1) is 0 Å². The predicted octanol–water partition coefficient (Wildman–Crippen LogP) is 9.03. The molecule has 0 aromatic heterocycles. The van der Waals surface area contributed by atoms with Crippen molar-refractivity contribution in [3.05, 3.63) is 6.66 Å². The minimum absolute atomic E-state index is 0.194. The van der Waals surface area contributed by atoms with Gasteiger partial charge >= 0.3 is 0 Å². The second kappa shape index (κ2) is 20.1. The first-order valence-electron chi connectivity index (χ1n) is 13.6. The third-order valence-electron chi connectivity index (χ3n) is 6.22. The van der Waals surface area contributed by atoms with Crippen LogP contribution in [0.3, 0.4) is 0 Å². The van der Waals surface area contributed by atoms with Crippen LogP contribution in [-0.4, -0.2) is 24.2 Å². The number of rotatable bonds is 22. The highest BCUT2D eigenvalue weighted by Crippen LogP contribution is 2.57. The first-order valence-corrected chi connectivity index (χ1v) is 15.4. The molecule has 0 aliphatic rings. The van der Waals surface area contributed by atoms with E-state index in [9.17, 15) is 9.36 Å². The van der Waals surface area contributed by atoms with Crippen molar-refractivity contribution in [2.75, 3.05) is 13.2 Å². The van der Waals surface area contributed by atoms with Gasteiger partial charge < -0.3 is 14.4 Å². The molecule has 0 aromatic carbocycles. The van der Waals surface area contributed by atoms with E-state index in [0.717, 1.165) is 38.6 Å². The van der Waals surface area contributed by atoms with E-state index in [1.807, 2.05) is 20.8 Å². The molecule has 0 spiro atoms. The molecule has 0 rings (SSSR count). The van der Waals surface area contributed by atoms with Crippen LogP contribution in [0, 0.1) is 6.66 Å². The van der Waals surface area contributed by atoms with Crippen molar-refractivity contribution >= 4 is 13.3 Å². The van der Waals surface area contributed by atoms with E-state index in [1.54, 1.807) is 0 Å². The SMILES string of the molecule is [CH2-]P(=O)(OCCCCCCNC(=O)CCCCCCCCCCCCCCC)C(C)(C)C. The van der Waals surface area contributed by atoms with Crippen LogP contribution in [0.15, 0.2) is 0 Å². The van der Waals surface area contributed by atoms with Crippen molar-refractivity contribution in [3.63, 3.8) is 0 Å². The van der Waals surface area contributed by atoms with Crippen LogP contribution in [0.5, 0.6) is 0 Å². The van der Waals surface area contributed by atoms with Gasteiger partial charge in [0.25, 0.3) is 0 Å². The van der Waals surface area contributed by atoms with E-state index < -0.39 is 12.5 Å². The van der Waals surface area contributed by atoms with Gasteiger partial charge in [-0.25, -0.2) is 0 Å². The van der Waals surface area contributed by atoms with E-state index in [0.29, 0.717) is 13.0 Å². The maximum atomic E-state index is 12.3. The lowest BCUT2D eigenvalue weighted by atomic mass is 10.0. The van der Waals surface area contributed by atoms with Gasteiger partial charge in [-0.05, 0) is 19.3 Å². The molecule has 0 saturated heterocycles. The maximum Gasteiger partial charge on any atom is 0.219 e. The summed E-state index contributed by atoms with van der Waals surface area (Å²) in [7, 11) is -2.79. The lowest BCUT2D eigenvalue weighted by molar-refractivity contribution is -0.121. The van der Waals surface area contributed by atoms with Crippen LogP contribution in [0.25, 0.3) is 0 Å². The Morgan fingerprint density at radius 2 is 1.19 bits per heavy atom. The van der Waals surface area contributed by atoms with Crippen LogP contribution in [-0.2, 0) is 13.9 Å². The summed E-state index contributed by atoms with van der Waals surface area (Å²) in [5.41, 5.74) is 0. The average Bonchev–Trinajstić information content (AvgIpc) is 2.72. The summed E-state index contributed by atoms with van der Waals surface area (Å²) in [4.78, 5) is 11.9. The number of carbonyl (C=O) groups is 1. The first kappa shape index (κ1) is 31.7. The van der Waals surface area contributed by atoms with Crippen LogP contribution in [0.2, 0.25) is 0 Å². The molecule has 32 heavy (non-hydrogen) atoms. The average molecular weight is 473 g/mol. The standard InChI is InChI=1S/C27H55NO3P/c1-6-7-8-9-10-11-12-13-14-15-16-17-20-23-26(29)28-24-21-18-19-22-25-31-32(5,30)27(2,3)4/h5-25H2,1-4H3,(H,28,29)/q-1. The van der Waals surface area contributed by atoms with Gasteiger partial charge in [0.05, 0.1) is 14.0 Å². The molecule has 192 valence electrons. The van der Waals surface area contributed by atoms with Gasteiger partial charge in [0.1, 0.15) is 0 Å². The van der Waals surface area contributed by atoms with Gasteiger partial charge in [-0.2, -0.15) is 0 Å². The monoisotopic (exact) mass is 472 g/mol. The van der Waals surface area contributed by atoms with E-state index in [1.165, 1.54) is 77.0 Å². The van der Waals surface area contributed by atoms with E-state index in [4.69, 9.17) is 4.52 Å². The second-order valence-corrected chi connectivity index (χ2v) is 13.4. The Morgan fingerprint density at radius 1 is 0.750 bits per heavy atom. The molecular weight excluding hydrogens is 417 g/mol. The Hall–Kier alpha value is -0.340. The molecule has 1 unspecified atom stereocenters. The lowest BCUT2D eigenvalue weighted by Gasteiger charge is -2.33. The molecular formula is C27H55NO3P-. The maximum absolute atomic E-state index is 12.3. The molecule has 0 aliphatic heterocycles. The molecule has 0 bridgehead atoms. The molecule has 1 amide bonds. The number of hydrogen-bond acceptors (Lipinski definition) is 3. The molecule has 1 N–H and O–H groups in total. The van der Waals surface area contributed by atoms with Gasteiger partial charge in [-0.3, -0.25) is 11.5 Å².